The normalized spacial score (nSPS) is 18.2. The molecule has 5 heteroatoms. The van der Waals surface area contributed by atoms with Gasteiger partial charge in [-0.25, -0.2) is 0 Å². The standard InChI is InChI=1S/C12H20N4O/c13-10-12(5-1-2-6-12)15-11(17)4-9-16-8-3-7-14-16/h3,7-8H,1-2,4-6,9-10,13H2,(H,15,17). The monoisotopic (exact) mass is 236 g/mol. The molecule has 1 heterocycles. The summed E-state index contributed by atoms with van der Waals surface area (Å²) >= 11 is 0. The van der Waals surface area contributed by atoms with Crippen LogP contribution in [0.15, 0.2) is 18.5 Å². The summed E-state index contributed by atoms with van der Waals surface area (Å²) < 4.78 is 1.77. The lowest BCUT2D eigenvalue weighted by Gasteiger charge is -2.28. The Morgan fingerprint density at radius 2 is 2.24 bits per heavy atom. The van der Waals surface area contributed by atoms with Crippen LogP contribution in [0.2, 0.25) is 0 Å². The molecule has 5 nitrogen and oxygen atoms in total. The lowest BCUT2D eigenvalue weighted by atomic mass is 9.97. The molecule has 0 spiro atoms. The predicted molar refractivity (Wildman–Crippen MR) is 65.2 cm³/mol. The van der Waals surface area contributed by atoms with E-state index in [1.807, 2.05) is 12.3 Å². The number of nitrogens with one attached hydrogen (secondary N) is 1. The summed E-state index contributed by atoms with van der Waals surface area (Å²) in [5, 5.41) is 7.17. The smallest absolute Gasteiger partial charge is 0.222 e. The van der Waals surface area contributed by atoms with E-state index in [-0.39, 0.29) is 11.4 Å². The first-order valence-electron chi connectivity index (χ1n) is 6.23. The van der Waals surface area contributed by atoms with Crippen LogP contribution in [0, 0.1) is 0 Å². The average molecular weight is 236 g/mol. The van der Waals surface area contributed by atoms with Crippen LogP contribution in [0.1, 0.15) is 32.1 Å². The van der Waals surface area contributed by atoms with Crippen molar-refractivity contribution in [3.05, 3.63) is 18.5 Å². The SMILES string of the molecule is NCC1(NC(=O)CCn2cccn2)CCCC1. The van der Waals surface area contributed by atoms with Crippen LogP contribution >= 0.6 is 0 Å². The highest BCUT2D eigenvalue weighted by atomic mass is 16.1. The maximum atomic E-state index is 11.9. The zero-order chi connectivity index (χ0) is 12.1. The summed E-state index contributed by atoms with van der Waals surface area (Å²) in [5.74, 6) is 0.0767. The molecule has 1 saturated carbocycles. The van der Waals surface area contributed by atoms with Crippen molar-refractivity contribution < 1.29 is 4.79 Å². The van der Waals surface area contributed by atoms with Crippen molar-refractivity contribution in [2.75, 3.05) is 6.54 Å². The van der Waals surface area contributed by atoms with Gasteiger partial charge in [0, 0.05) is 31.9 Å². The molecule has 0 radical (unpaired) electrons. The molecule has 0 aliphatic heterocycles. The van der Waals surface area contributed by atoms with Crippen LogP contribution in [0.5, 0.6) is 0 Å². The first-order chi connectivity index (χ1) is 8.24. The minimum atomic E-state index is -0.138. The van der Waals surface area contributed by atoms with Crippen LogP contribution in [-0.2, 0) is 11.3 Å². The zero-order valence-corrected chi connectivity index (χ0v) is 10.1. The second kappa shape index (κ2) is 5.31. The molecule has 1 aromatic heterocycles. The van der Waals surface area contributed by atoms with Gasteiger partial charge in [-0.2, -0.15) is 5.10 Å². The Labute approximate surface area is 101 Å². The highest BCUT2D eigenvalue weighted by molar-refractivity contribution is 5.76. The van der Waals surface area contributed by atoms with Crippen LogP contribution in [0.4, 0.5) is 0 Å². The lowest BCUT2D eigenvalue weighted by Crippen LogP contribution is -2.51. The number of carbonyl (C=O) groups is 1. The fraction of sp³-hybridized carbons (Fsp3) is 0.667. The summed E-state index contributed by atoms with van der Waals surface area (Å²) in [4.78, 5) is 11.9. The van der Waals surface area contributed by atoms with Crippen LogP contribution in [-0.4, -0.2) is 27.8 Å². The Morgan fingerprint density at radius 1 is 1.47 bits per heavy atom. The van der Waals surface area contributed by atoms with Gasteiger partial charge in [0.15, 0.2) is 0 Å². The van der Waals surface area contributed by atoms with Crippen molar-refractivity contribution in [1.29, 1.82) is 0 Å². The molecule has 0 saturated heterocycles. The second-order valence-electron chi connectivity index (χ2n) is 4.76. The van der Waals surface area contributed by atoms with Crippen LogP contribution in [0.25, 0.3) is 0 Å². The lowest BCUT2D eigenvalue weighted by molar-refractivity contribution is -0.123. The number of carbonyl (C=O) groups excluding carboxylic acids is 1. The molecule has 1 aliphatic carbocycles. The Morgan fingerprint density at radius 3 is 2.82 bits per heavy atom. The van der Waals surface area contributed by atoms with E-state index in [1.165, 1.54) is 0 Å². The van der Waals surface area contributed by atoms with Crippen molar-refractivity contribution in [3.63, 3.8) is 0 Å². The molecule has 94 valence electrons. The van der Waals surface area contributed by atoms with Crippen molar-refractivity contribution in [2.45, 2.75) is 44.2 Å². The first-order valence-corrected chi connectivity index (χ1v) is 6.23. The van der Waals surface area contributed by atoms with Gasteiger partial charge < -0.3 is 11.1 Å². The molecule has 1 amide bonds. The molecule has 1 aromatic rings. The summed E-state index contributed by atoms with van der Waals surface area (Å²) in [5.41, 5.74) is 5.64. The largest absolute Gasteiger partial charge is 0.349 e. The summed E-state index contributed by atoms with van der Waals surface area (Å²) in [6, 6.07) is 1.86. The summed E-state index contributed by atoms with van der Waals surface area (Å²) in [6.45, 7) is 1.17. The highest BCUT2D eigenvalue weighted by Crippen LogP contribution is 2.28. The van der Waals surface area contributed by atoms with Gasteiger partial charge in [0.2, 0.25) is 5.91 Å². The van der Waals surface area contributed by atoms with E-state index < -0.39 is 0 Å². The third-order valence-electron chi connectivity index (χ3n) is 3.48. The molecule has 3 N–H and O–H groups in total. The molecule has 17 heavy (non-hydrogen) atoms. The number of aryl methyl sites for hydroxylation is 1. The number of amides is 1. The summed E-state index contributed by atoms with van der Waals surface area (Å²) in [7, 11) is 0. The molecular weight excluding hydrogens is 216 g/mol. The number of aromatic nitrogens is 2. The van der Waals surface area contributed by atoms with Gasteiger partial charge in [-0.15, -0.1) is 0 Å². The molecule has 0 unspecified atom stereocenters. The Hall–Kier alpha value is -1.36. The highest BCUT2D eigenvalue weighted by Gasteiger charge is 2.33. The van der Waals surface area contributed by atoms with E-state index in [9.17, 15) is 4.79 Å². The number of nitrogens with zero attached hydrogens (tertiary/aromatic N) is 2. The molecule has 0 aromatic carbocycles. The predicted octanol–water partition coefficient (Wildman–Crippen LogP) is 0.661. The van der Waals surface area contributed by atoms with E-state index in [1.54, 1.807) is 10.9 Å². The maximum Gasteiger partial charge on any atom is 0.222 e. The van der Waals surface area contributed by atoms with Gasteiger partial charge in [-0.1, -0.05) is 12.8 Å². The maximum absolute atomic E-state index is 11.9. The van der Waals surface area contributed by atoms with Crippen molar-refractivity contribution in [2.24, 2.45) is 5.73 Å². The number of rotatable bonds is 5. The molecule has 0 bridgehead atoms. The number of nitrogens with two attached hydrogens (primary N) is 1. The first kappa shape index (κ1) is 12.1. The summed E-state index contributed by atoms with van der Waals surface area (Å²) in [6.07, 6.45) is 8.39. The number of hydrogen-bond donors (Lipinski definition) is 2. The van der Waals surface area contributed by atoms with Gasteiger partial charge in [0.1, 0.15) is 0 Å². The van der Waals surface area contributed by atoms with E-state index in [0.29, 0.717) is 19.5 Å². The van der Waals surface area contributed by atoms with E-state index in [2.05, 4.69) is 10.4 Å². The molecular formula is C12H20N4O. The minimum Gasteiger partial charge on any atom is -0.349 e. The van der Waals surface area contributed by atoms with Gasteiger partial charge in [0.25, 0.3) is 0 Å². The fourth-order valence-corrected chi connectivity index (χ4v) is 2.44. The average Bonchev–Trinajstić information content (AvgIpc) is 2.98. The molecule has 1 fully saturated rings. The third kappa shape index (κ3) is 3.06. The third-order valence-corrected chi connectivity index (χ3v) is 3.48. The van der Waals surface area contributed by atoms with E-state index >= 15 is 0 Å². The van der Waals surface area contributed by atoms with E-state index in [4.69, 9.17) is 5.73 Å². The molecule has 1 aliphatic rings. The Kier molecular flexibility index (Phi) is 3.78. The topological polar surface area (TPSA) is 72.9 Å². The molecule has 0 atom stereocenters. The van der Waals surface area contributed by atoms with Gasteiger partial charge in [0.05, 0.1) is 5.54 Å². The van der Waals surface area contributed by atoms with Crippen molar-refractivity contribution in [1.82, 2.24) is 15.1 Å². The Bertz CT molecular complexity index is 355. The minimum absolute atomic E-state index is 0.0767. The Balaban J connectivity index is 1.80. The second-order valence-corrected chi connectivity index (χ2v) is 4.76. The van der Waals surface area contributed by atoms with Gasteiger partial charge >= 0.3 is 0 Å². The fourth-order valence-electron chi connectivity index (χ4n) is 2.44. The van der Waals surface area contributed by atoms with Gasteiger partial charge in [-0.05, 0) is 18.9 Å². The quantitative estimate of drug-likeness (QED) is 0.789. The van der Waals surface area contributed by atoms with Gasteiger partial charge in [-0.3, -0.25) is 9.48 Å². The van der Waals surface area contributed by atoms with Crippen LogP contribution < -0.4 is 11.1 Å². The van der Waals surface area contributed by atoms with Crippen molar-refractivity contribution >= 4 is 5.91 Å². The zero-order valence-electron chi connectivity index (χ0n) is 10.1. The molecule has 2 rings (SSSR count). The van der Waals surface area contributed by atoms with Crippen LogP contribution in [0.3, 0.4) is 0 Å². The number of hydrogen-bond acceptors (Lipinski definition) is 3. The van der Waals surface area contributed by atoms with E-state index in [0.717, 1.165) is 25.7 Å². The van der Waals surface area contributed by atoms with Crippen molar-refractivity contribution in [3.8, 4) is 0 Å².